The lowest BCUT2D eigenvalue weighted by atomic mass is 10.1. The van der Waals surface area contributed by atoms with Gasteiger partial charge in [-0.25, -0.2) is 14.4 Å². The fourth-order valence-electron chi connectivity index (χ4n) is 3.14. The van der Waals surface area contributed by atoms with Gasteiger partial charge < -0.3 is 14.5 Å². The molecule has 7 heteroatoms. The van der Waals surface area contributed by atoms with Gasteiger partial charge in [0.05, 0.1) is 12.8 Å². The molecule has 2 aromatic heterocycles. The molecule has 2 aromatic carbocycles. The topological polar surface area (TPSA) is 76.7 Å². The Labute approximate surface area is 178 Å². The van der Waals surface area contributed by atoms with Crippen LogP contribution in [0, 0.1) is 19.7 Å². The average molecular weight is 417 g/mol. The molecule has 156 valence electrons. The van der Waals surface area contributed by atoms with Crippen molar-refractivity contribution in [1.82, 2.24) is 4.98 Å². The molecule has 4 aromatic rings. The normalized spacial score (nSPS) is 11.5. The Morgan fingerprint density at radius 3 is 2.65 bits per heavy atom. The first-order valence-corrected chi connectivity index (χ1v) is 9.61. The summed E-state index contributed by atoms with van der Waals surface area (Å²) in [7, 11) is 1.54. The van der Waals surface area contributed by atoms with E-state index in [-0.39, 0.29) is 16.9 Å². The first kappa shape index (κ1) is 20.3. The number of benzene rings is 2. The molecule has 0 radical (unpaired) electrons. The molecule has 2 heterocycles. The van der Waals surface area contributed by atoms with E-state index < -0.39 is 5.91 Å². The van der Waals surface area contributed by atoms with Gasteiger partial charge in [0.25, 0.3) is 5.91 Å². The Morgan fingerprint density at radius 1 is 1.10 bits per heavy atom. The van der Waals surface area contributed by atoms with Gasteiger partial charge in [0.1, 0.15) is 17.2 Å². The summed E-state index contributed by atoms with van der Waals surface area (Å²) in [5.74, 6) is 0.166. The zero-order valence-corrected chi connectivity index (χ0v) is 17.3. The average Bonchev–Trinajstić information content (AvgIpc) is 2.75. The largest absolute Gasteiger partial charge is 0.493 e. The van der Waals surface area contributed by atoms with Crippen LogP contribution in [0.15, 0.2) is 70.1 Å². The number of amides is 1. The van der Waals surface area contributed by atoms with E-state index in [0.29, 0.717) is 33.8 Å². The minimum atomic E-state index is -0.427. The number of fused-ring (bicyclic) bond motifs is 1. The fourth-order valence-corrected chi connectivity index (χ4v) is 3.14. The molecule has 0 fully saturated rings. The number of halogens is 1. The number of carbonyl (C=O) groups excluding carboxylic acids is 1. The van der Waals surface area contributed by atoms with Crippen LogP contribution < -0.4 is 15.6 Å². The molecule has 0 bridgehead atoms. The van der Waals surface area contributed by atoms with Gasteiger partial charge in [-0.1, -0.05) is 18.2 Å². The van der Waals surface area contributed by atoms with Gasteiger partial charge in [-0.05, 0) is 61.9 Å². The number of nitrogens with one attached hydrogen (secondary N) is 1. The van der Waals surface area contributed by atoms with Crippen LogP contribution in [0.4, 0.5) is 15.9 Å². The highest BCUT2D eigenvalue weighted by atomic mass is 19.1. The molecule has 6 nitrogen and oxygen atoms in total. The number of rotatable bonds is 4. The number of hydrogen-bond acceptors (Lipinski definition) is 5. The van der Waals surface area contributed by atoms with Gasteiger partial charge in [0.2, 0.25) is 5.55 Å². The molecule has 0 aliphatic rings. The molecule has 4 rings (SSSR count). The summed E-state index contributed by atoms with van der Waals surface area (Å²) in [6, 6.07) is 16.8. The quantitative estimate of drug-likeness (QED) is 0.503. The monoisotopic (exact) mass is 417 g/mol. The van der Waals surface area contributed by atoms with Gasteiger partial charge in [0, 0.05) is 11.1 Å². The zero-order chi connectivity index (χ0) is 22.0. The smallest absolute Gasteiger partial charge is 0.262 e. The van der Waals surface area contributed by atoms with Crippen LogP contribution in [0.25, 0.3) is 11.0 Å². The van der Waals surface area contributed by atoms with Gasteiger partial charge in [0.15, 0.2) is 11.3 Å². The van der Waals surface area contributed by atoms with Crippen molar-refractivity contribution < 1.29 is 18.3 Å². The predicted molar refractivity (Wildman–Crippen MR) is 116 cm³/mol. The van der Waals surface area contributed by atoms with E-state index >= 15 is 0 Å². The molecule has 0 saturated heterocycles. The van der Waals surface area contributed by atoms with E-state index in [2.05, 4.69) is 15.3 Å². The summed E-state index contributed by atoms with van der Waals surface area (Å²) in [6.07, 6.45) is 0. The molecular formula is C24H20FN3O3. The van der Waals surface area contributed by atoms with Gasteiger partial charge in [-0.15, -0.1) is 0 Å². The molecule has 31 heavy (non-hydrogen) atoms. The highest BCUT2D eigenvalue weighted by molar-refractivity contribution is 6.05. The van der Waals surface area contributed by atoms with Crippen LogP contribution in [-0.2, 0) is 0 Å². The molecular weight excluding hydrogens is 397 g/mol. The summed E-state index contributed by atoms with van der Waals surface area (Å²) >= 11 is 0. The number of anilines is 1. The molecule has 0 unspecified atom stereocenters. The van der Waals surface area contributed by atoms with Crippen molar-refractivity contribution in [3.8, 4) is 5.75 Å². The number of aromatic nitrogens is 1. The minimum Gasteiger partial charge on any atom is -0.493 e. The number of hydrogen-bond donors (Lipinski definition) is 1. The Balaban J connectivity index is 1.89. The number of carbonyl (C=O) groups is 1. The lowest BCUT2D eigenvalue weighted by molar-refractivity contribution is 0.102. The number of nitrogens with zero attached hydrogens (tertiary/aromatic N) is 2. The third-order valence-corrected chi connectivity index (χ3v) is 4.70. The highest BCUT2D eigenvalue weighted by Crippen LogP contribution is 2.25. The molecule has 0 aliphatic carbocycles. The Kier molecular flexibility index (Phi) is 5.49. The van der Waals surface area contributed by atoms with E-state index in [4.69, 9.17) is 9.15 Å². The molecule has 0 spiro atoms. The molecule has 0 saturated carbocycles. The maximum Gasteiger partial charge on any atom is 0.262 e. The summed E-state index contributed by atoms with van der Waals surface area (Å²) in [4.78, 5) is 21.9. The number of pyridine rings is 1. The molecule has 0 atom stereocenters. The molecule has 1 N–H and O–H groups in total. The van der Waals surface area contributed by atoms with Crippen molar-refractivity contribution in [3.05, 3.63) is 88.9 Å². The van der Waals surface area contributed by atoms with Gasteiger partial charge >= 0.3 is 0 Å². The van der Waals surface area contributed by atoms with Crippen molar-refractivity contribution >= 4 is 28.4 Å². The fraction of sp³-hybridized carbons (Fsp3) is 0.125. The highest BCUT2D eigenvalue weighted by Gasteiger charge is 2.16. The Morgan fingerprint density at radius 2 is 1.90 bits per heavy atom. The number of aryl methyl sites for hydroxylation is 2. The predicted octanol–water partition coefficient (Wildman–Crippen LogP) is 5.08. The summed E-state index contributed by atoms with van der Waals surface area (Å²) < 4.78 is 25.1. The third-order valence-electron chi connectivity index (χ3n) is 4.70. The second kappa shape index (κ2) is 8.39. The third kappa shape index (κ3) is 4.30. The van der Waals surface area contributed by atoms with Crippen LogP contribution in [0.2, 0.25) is 0 Å². The van der Waals surface area contributed by atoms with Crippen molar-refractivity contribution in [2.45, 2.75) is 13.8 Å². The van der Waals surface area contributed by atoms with E-state index in [9.17, 15) is 9.18 Å². The van der Waals surface area contributed by atoms with E-state index in [1.165, 1.54) is 19.2 Å². The van der Waals surface area contributed by atoms with Crippen molar-refractivity contribution in [2.24, 2.45) is 4.99 Å². The first-order chi connectivity index (χ1) is 14.9. The second-order valence-corrected chi connectivity index (χ2v) is 7.01. The van der Waals surface area contributed by atoms with Gasteiger partial charge in [-0.2, -0.15) is 0 Å². The Bertz CT molecular complexity index is 1360. The van der Waals surface area contributed by atoms with Crippen LogP contribution in [0.1, 0.15) is 21.6 Å². The molecule has 1 amide bonds. The minimum absolute atomic E-state index is 0.0770. The van der Waals surface area contributed by atoms with E-state index in [1.54, 1.807) is 43.3 Å². The lowest BCUT2D eigenvalue weighted by Gasteiger charge is -2.09. The van der Waals surface area contributed by atoms with Crippen LogP contribution >= 0.6 is 0 Å². The standard InChI is InChI=1S/C24H20FN3O3/c1-14-12-17(10-11-19(14)25)27-24-18(23(29)28-21-9-4-6-15(2)26-21)13-16-7-5-8-20(30-3)22(16)31-24/h4-13H,1-3H3,(H,26,28,29). The molecule has 0 aliphatic heterocycles. The van der Waals surface area contributed by atoms with Crippen molar-refractivity contribution in [2.75, 3.05) is 12.4 Å². The van der Waals surface area contributed by atoms with E-state index in [1.807, 2.05) is 19.1 Å². The number of para-hydroxylation sites is 1. The SMILES string of the molecule is COc1cccc2cc(C(=O)Nc3cccc(C)n3)c(=Nc3ccc(F)c(C)c3)oc12. The van der Waals surface area contributed by atoms with Gasteiger partial charge in [-0.3, -0.25) is 4.79 Å². The zero-order valence-electron chi connectivity index (χ0n) is 17.3. The summed E-state index contributed by atoms with van der Waals surface area (Å²) in [5, 5.41) is 3.45. The summed E-state index contributed by atoms with van der Waals surface area (Å²) in [5.41, 5.74) is 2.42. The number of ether oxygens (including phenoxy) is 1. The maximum absolute atomic E-state index is 13.7. The van der Waals surface area contributed by atoms with Crippen molar-refractivity contribution in [1.29, 1.82) is 0 Å². The van der Waals surface area contributed by atoms with Crippen molar-refractivity contribution in [3.63, 3.8) is 0 Å². The summed E-state index contributed by atoms with van der Waals surface area (Å²) in [6.45, 7) is 3.48. The number of methoxy groups -OCH3 is 1. The lowest BCUT2D eigenvalue weighted by Crippen LogP contribution is -2.22. The van der Waals surface area contributed by atoms with Crippen LogP contribution in [-0.4, -0.2) is 18.0 Å². The first-order valence-electron chi connectivity index (χ1n) is 9.61. The maximum atomic E-state index is 13.7. The van der Waals surface area contributed by atoms with E-state index in [0.717, 1.165) is 5.69 Å². The van der Waals surface area contributed by atoms with Crippen LogP contribution in [0.5, 0.6) is 5.75 Å². The van der Waals surface area contributed by atoms with Crippen LogP contribution in [0.3, 0.4) is 0 Å². The second-order valence-electron chi connectivity index (χ2n) is 7.01. The Hall–Kier alpha value is -4.00.